The van der Waals surface area contributed by atoms with Gasteiger partial charge in [-0.3, -0.25) is 14.5 Å². The SMILES string of the molecule is Cc1cc(/C=C2\SC(=O)N(Cc3cccc(Cl)c3)C2=O)c(C)n1-c1cccc(C(F)(F)F)c1. The number of thioether (sulfide) groups is 1. The highest BCUT2D eigenvalue weighted by atomic mass is 35.5. The molecule has 0 N–H and O–H groups in total. The molecule has 0 aliphatic carbocycles. The maximum absolute atomic E-state index is 13.2. The summed E-state index contributed by atoms with van der Waals surface area (Å²) in [4.78, 5) is 26.8. The summed E-state index contributed by atoms with van der Waals surface area (Å²) in [5.74, 6) is -0.422. The fourth-order valence-electron chi connectivity index (χ4n) is 3.75. The molecular formula is C24H18ClF3N2O2S. The Morgan fingerprint density at radius 1 is 1.03 bits per heavy atom. The van der Waals surface area contributed by atoms with E-state index in [9.17, 15) is 22.8 Å². The molecule has 2 aromatic carbocycles. The summed E-state index contributed by atoms with van der Waals surface area (Å²) < 4.78 is 41.1. The van der Waals surface area contributed by atoms with Crippen LogP contribution in [0, 0.1) is 13.8 Å². The van der Waals surface area contributed by atoms with Crippen LogP contribution >= 0.6 is 23.4 Å². The first kappa shape index (κ1) is 23.2. The lowest BCUT2D eigenvalue weighted by molar-refractivity contribution is -0.137. The van der Waals surface area contributed by atoms with E-state index in [-0.39, 0.29) is 11.4 Å². The molecule has 4 nitrogen and oxygen atoms in total. The van der Waals surface area contributed by atoms with Crippen molar-refractivity contribution in [3.63, 3.8) is 0 Å². The molecule has 9 heteroatoms. The van der Waals surface area contributed by atoms with E-state index in [4.69, 9.17) is 11.6 Å². The van der Waals surface area contributed by atoms with E-state index in [1.807, 2.05) is 0 Å². The number of hydrogen-bond acceptors (Lipinski definition) is 3. The van der Waals surface area contributed by atoms with Gasteiger partial charge in [-0.1, -0.05) is 29.8 Å². The van der Waals surface area contributed by atoms with Gasteiger partial charge in [0.15, 0.2) is 0 Å². The van der Waals surface area contributed by atoms with Crippen molar-refractivity contribution < 1.29 is 22.8 Å². The molecule has 4 rings (SSSR count). The number of rotatable bonds is 4. The molecule has 1 fully saturated rings. The van der Waals surface area contributed by atoms with Crippen molar-refractivity contribution in [3.05, 3.63) is 92.6 Å². The van der Waals surface area contributed by atoms with Crippen LogP contribution in [0.1, 0.15) is 28.1 Å². The summed E-state index contributed by atoms with van der Waals surface area (Å²) in [7, 11) is 0. The van der Waals surface area contributed by atoms with Crippen LogP contribution in [-0.4, -0.2) is 20.6 Å². The highest BCUT2D eigenvalue weighted by molar-refractivity contribution is 8.18. The zero-order valence-electron chi connectivity index (χ0n) is 17.6. The predicted octanol–water partition coefficient (Wildman–Crippen LogP) is 7.00. The van der Waals surface area contributed by atoms with Crippen LogP contribution in [0.5, 0.6) is 0 Å². The van der Waals surface area contributed by atoms with Crippen molar-refractivity contribution in [1.29, 1.82) is 0 Å². The standard InChI is InChI=1S/C24H18ClF3N2O2S/c1-14-9-17(15(2)30(14)20-8-4-6-18(12-20)24(26,27)28)11-21-22(31)29(23(32)33-21)13-16-5-3-7-19(25)10-16/h3-12H,13H2,1-2H3/b21-11-. The van der Waals surface area contributed by atoms with E-state index >= 15 is 0 Å². The van der Waals surface area contributed by atoms with Crippen molar-refractivity contribution in [2.45, 2.75) is 26.6 Å². The number of aromatic nitrogens is 1. The molecule has 33 heavy (non-hydrogen) atoms. The molecule has 0 atom stereocenters. The number of benzene rings is 2. The number of carbonyl (C=O) groups is 2. The van der Waals surface area contributed by atoms with E-state index in [0.29, 0.717) is 27.7 Å². The zero-order chi connectivity index (χ0) is 23.9. The fourth-order valence-corrected chi connectivity index (χ4v) is 4.79. The van der Waals surface area contributed by atoms with Gasteiger partial charge in [-0.05, 0) is 79.2 Å². The molecule has 170 valence electrons. The van der Waals surface area contributed by atoms with Crippen molar-refractivity contribution >= 4 is 40.6 Å². The van der Waals surface area contributed by atoms with Gasteiger partial charge in [0.1, 0.15) is 0 Å². The molecule has 1 saturated heterocycles. The number of imide groups is 1. The molecule has 1 aromatic heterocycles. The second-order valence-electron chi connectivity index (χ2n) is 7.61. The highest BCUT2D eigenvalue weighted by Gasteiger charge is 2.35. The summed E-state index contributed by atoms with van der Waals surface area (Å²) in [6, 6.07) is 13.8. The maximum Gasteiger partial charge on any atom is 0.416 e. The minimum absolute atomic E-state index is 0.103. The minimum Gasteiger partial charge on any atom is -0.318 e. The Labute approximate surface area is 197 Å². The number of carbonyl (C=O) groups excluding carboxylic acids is 2. The first-order valence-corrected chi connectivity index (χ1v) is 11.1. The summed E-state index contributed by atoms with van der Waals surface area (Å²) >= 11 is 6.82. The van der Waals surface area contributed by atoms with E-state index in [1.54, 1.807) is 60.9 Å². The molecule has 2 amide bonds. The Morgan fingerprint density at radius 2 is 1.76 bits per heavy atom. The Balaban J connectivity index is 1.64. The molecule has 2 heterocycles. The first-order chi connectivity index (χ1) is 15.5. The molecular weight excluding hydrogens is 473 g/mol. The maximum atomic E-state index is 13.2. The van der Waals surface area contributed by atoms with Crippen LogP contribution in [0.3, 0.4) is 0 Å². The number of alkyl halides is 3. The molecule has 3 aromatic rings. The summed E-state index contributed by atoms with van der Waals surface area (Å²) in [5.41, 5.74) is 2.38. The number of aryl methyl sites for hydroxylation is 1. The van der Waals surface area contributed by atoms with Crippen molar-refractivity contribution in [2.75, 3.05) is 0 Å². The Morgan fingerprint density at radius 3 is 2.45 bits per heavy atom. The van der Waals surface area contributed by atoms with Gasteiger partial charge in [-0.15, -0.1) is 0 Å². The van der Waals surface area contributed by atoms with E-state index in [2.05, 4.69) is 0 Å². The number of hydrogen-bond donors (Lipinski definition) is 0. The second-order valence-corrected chi connectivity index (χ2v) is 9.04. The number of nitrogens with zero attached hydrogens (tertiary/aromatic N) is 2. The molecule has 0 unspecified atom stereocenters. The third-order valence-electron chi connectivity index (χ3n) is 5.29. The van der Waals surface area contributed by atoms with Crippen LogP contribution in [0.15, 0.2) is 59.5 Å². The Bertz CT molecular complexity index is 1300. The Kier molecular flexibility index (Phi) is 6.16. The monoisotopic (exact) mass is 490 g/mol. The predicted molar refractivity (Wildman–Crippen MR) is 123 cm³/mol. The van der Waals surface area contributed by atoms with Gasteiger partial charge in [0.25, 0.3) is 11.1 Å². The average molecular weight is 491 g/mol. The van der Waals surface area contributed by atoms with Crippen LogP contribution < -0.4 is 0 Å². The first-order valence-electron chi connectivity index (χ1n) is 9.91. The third kappa shape index (κ3) is 4.72. The van der Waals surface area contributed by atoms with Crippen molar-refractivity contribution in [2.24, 2.45) is 0 Å². The second kappa shape index (κ2) is 8.76. The van der Waals surface area contributed by atoms with E-state index < -0.39 is 22.9 Å². The fraction of sp³-hybridized carbons (Fsp3) is 0.167. The van der Waals surface area contributed by atoms with Gasteiger partial charge in [-0.2, -0.15) is 13.2 Å². The molecule has 0 spiro atoms. The quantitative estimate of drug-likeness (QED) is 0.370. The van der Waals surface area contributed by atoms with Gasteiger partial charge in [-0.25, -0.2) is 0 Å². The lowest BCUT2D eigenvalue weighted by Crippen LogP contribution is -2.27. The van der Waals surface area contributed by atoms with Crippen LogP contribution in [0.4, 0.5) is 18.0 Å². The van der Waals surface area contributed by atoms with E-state index in [1.165, 1.54) is 6.07 Å². The topological polar surface area (TPSA) is 42.3 Å². The summed E-state index contributed by atoms with van der Waals surface area (Å²) in [6.07, 6.45) is -2.84. The average Bonchev–Trinajstić information content (AvgIpc) is 3.17. The lowest BCUT2D eigenvalue weighted by Gasteiger charge is -2.13. The van der Waals surface area contributed by atoms with Crippen LogP contribution in [0.25, 0.3) is 11.8 Å². The molecule has 0 bridgehead atoms. The summed E-state index contributed by atoms with van der Waals surface area (Å²) in [6.45, 7) is 3.64. The van der Waals surface area contributed by atoms with Gasteiger partial charge in [0, 0.05) is 22.1 Å². The molecule has 1 aliphatic heterocycles. The highest BCUT2D eigenvalue weighted by Crippen LogP contribution is 2.35. The summed E-state index contributed by atoms with van der Waals surface area (Å²) in [5, 5.41) is 0.120. The van der Waals surface area contributed by atoms with Gasteiger partial charge in [0.05, 0.1) is 17.0 Å². The number of amides is 2. The molecule has 1 aliphatic rings. The van der Waals surface area contributed by atoms with Crippen molar-refractivity contribution in [3.8, 4) is 5.69 Å². The van der Waals surface area contributed by atoms with Crippen LogP contribution in [-0.2, 0) is 17.5 Å². The lowest BCUT2D eigenvalue weighted by atomic mass is 10.2. The molecule has 0 radical (unpaired) electrons. The van der Waals surface area contributed by atoms with E-state index in [0.717, 1.165) is 34.4 Å². The van der Waals surface area contributed by atoms with Gasteiger partial charge < -0.3 is 4.57 Å². The largest absolute Gasteiger partial charge is 0.416 e. The smallest absolute Gasteiger partial charge is 0.318 e. The van der Waals surface area contributed by atoms with Gasteiger partial charge in [0.2, 0.25) is 0 Å². The normalized spacial score (nSPS) is 15.7. The zero-order valence-corrected chi connectivity index (χ0v) is 19.2. The van der Waals surface area contributed by atoms with Crippen molar-refractivity contribution in [1.82, 2.24) is 9.47 Å². The molecule has 0 saturated carbocycles. The van der Waals surface area contributed by atoms with Gasteiger partial charge >= 0.3 is 6.18 Å². The Hall–Kier alpha value is -2.97. The van der Waals surface area contributed by atoms with Crippen LogP contribution in [0.2, 0.25) is 5.02 Å². The third-order valence-corrected chi connectivity index (χ3v) is 6.43. The number of halogens is 4. The minimum atomic E-state index is -4.45.